The number of likely N-dealkylation sites (tertiary alicyclic amines) is 1. The molecular weight excluding hydrogens is 182 g/mol. The molecule has 1 aliphatic carbocycles. The Morgan fingerprint density at radius 1 is 1.00 bits per heavy atom. The zero-order chi connectivity index (χ0) is 10.7. The standard InChI is InChI=1S/C14H27N/c1-3-12-8-4-5-9-13(12)14-10-6-7-11-15(14)2/h12-14H,3-11H2,1-2H3/t12-,13+,14+/m0/s1. The van der Waals surface area contributed by atoms with Crippen molar-refractivity contribution < 1.29 is 0 Å². The molecule has 0 aromatic carbocycles. The smallest absolute Gasteiger partial charge is 0.0123 e. The average molecular weight is 209 g/mol. The van der Waals surface area contributed by atoms with Gasteiger partial charge in [-0.2, -0.15) is 0 Å². The fourth-order valence-electron chi connectivity index (χ4n) is 3.89. The van der Waals surface area contributed by atoms with Crippen LogP contribution < -0.4 is 0 Å². The summed E-state index contributed by atoms with van der Waals surface area (Å²) in [7, 11) is 2.35. The van der Waals surface area contributed by atoms with E-state index in [4.69, 9.17) is 0 Å². The highest BCUT2D eigenvalue weighted by Gasteiger charge is 2.33. The van der Waals surface area contributed by atoms with E-state index in [-0.39, 0.29) is 0 Å². The SMILES string of the molecule is CC[C@H]1CCCC[C@H]1[C@H]1CCCCN1C. The highest BCUT2D eigenvalue weighted by molar-refractivity contribution is 4.87. The largest absolute Gasteiger partial charge is 0.303 e. The maximum absolute atomic E-state index is 2.65. The molecule has 0 N–H and O–H groups in total. The van der Waals surface area contributed by atoms with Crippen LogP contribution in [0.2, 0.25) is 0 Å². The van der Waals surface area contributed by atoms with Crippen LogP contribution in [0.3, 0.4) is 0 Å². The van der Waals surface area contributed by atoms with Crippen LogP contribution in [0.4, 0.5) is 0 Å². The maximum atomic E-state index is 2.65. The summed E-state index contributed by atoms with van der Waals surface area (Å²) in [6, 6.07) is 0.920. The van der Waals surface area contributed by atoms with Gasteiger partial charge in [0.15, 0.2) is 0 Å². The van der Waals surface area contributed by atoms with Crippen LogP contribution in [0.5, 0.6) is 0 Å². The summed E-state index contributed by atoms with van der Waals surface area (Å²) in [6.45, 7) is 3.74. The first-order valence-corrected chi connectivity index (χ1v) is 7.03. The lowest BCUT2D eigenvalue weighted by atomic mass is 9.72. The van der Waals surface area contributed by atoms with E-state index >= 15 is 0 Å². The minimum atomic E-state index is 0.920. The second kappa shape index (κ2) is 5.34. The van der Waals surface area contributed by atoms with Gasteiger partial charge in [-0.15, -0.1) is 0 Å². The Morgan fingerprint density at radius 3 is 2.47 bits per heavy atom. The number of nitrogens with zero attached hydrogens (tertiary/aromatic N) is 1. The number of hydrogen-bond donors (Lipinski definition) is 0. The molecule has 0 spiro atoms. The van der Waals surface area contributed by atoms with E-state index in [1.807, 2.05) is 0 Å². The summed E-state index contributed by atoms with van der Waals surface area (Å²) in [4.78, 5) is 2.65. The van der Waals surface area contributed by atoms with E-state index in [0.29, 0.717) is 0 Å². The average Bonchev–Trinajstić information content (AvgIpc) is 2.30. The van der Waals surface area contributed by atoms with Crippen LogP contribution in [0.1, 0.15) is 58.3 Å². The van der Waals surface area contributed by atoms with Gasteiger partial charge in [0.25, 0.3) is 0 Å². The molecule has 1 nitrogen and oxygen atoms in total. The quantitative estimate of drug-likeness (QED) is 0.670. The van der Waals surface area contributed by atoms with Gasteiger partial charge in [-0.1, -0.05) is 39.0 Å². The zero-order valence-electron chi connectivity index (χ0n) is 10.5. The molecule has 1 aliphatic heterocycles. The molecule has 0 bridgehead atoms. The maximum Gasteiger partial charge on any atom is 0.0123 e. The third kappa shape index (κ3) is 2.55. The Labute approximate surface area is 95.2 Å². The highest BCUT2D eigenvalue weighted by atomic mass is 15.1. The predicted octanol–water partition coefficient (Wildman–Crippen LogP) is 3.69. The summed E-state index contributed by atoms with van der Waals surface area (Å²) >= 11 is 0. The van der Waals surface area contributed by atoms with Gasteiger partial charge in [0.05, 0.1) is 0 Å². The molecule has 88 valence electrons. The fraction of sp³-hybridized carbons (Fsp3) is 1.00. The summed E-state index contributed by atoms with van der Waals surface area (Å²) in [5.74, 6) is 2.05. The molecule has 15 heavy (non-hydrogen) atoms. The molecular formula is C14H27N. The number of piperidine rings is 1. The van der Waals surface area contributed by atoms with Crippen molar-refractivity contribution in [2.75, 3.05) is 13.6 Å². The van der Waals surface area contributed by atoms with Crippen molar-refractivity contribution in [2.45, 2.75) is 64.3 Å². The van der Waals surface area contributed by atoms with Crippen molar-refractivity contribution in [3.05, 3.63) is 0 Å². The molecule has 0 aromatic heterocycles. The van der Waals surface area contributed by atoms with Crippen molar-refractivity contribution in [2.24, 2.45) is 11.8 Å². The number of rotatable bonds is 2. The van der Waals surface area contributed by atoms with E-state index in [1.54, 1.807) is 0 Å². The lowest BCUT2D eigenvalue weighted by molar-refractivity contribution is 0.0678. The number of hydrogen-bond acceptors (Lipinski definition) is 1. The molecule has 1 heterocycles. The molecule has 0 amide bonds. The van der Waals surface area contributed by atoms with Crippen molar-refractivity contribution >= 4 is 0 Å². The predicted molar refractivity (Wildman–Crippen MR) is 66.0 cm³/mol. The van der Waals surface area contributed by atoms with Gasteiger partial charge in [0, 0.05) is 6.04 Å². The first kappa shape index (κ1) is 11.4. The second-order valence-electron chi connectivity index (χ2n) is 5.66. The second-order valence-corrected chi connectivity index (χ2v) is 5.66. The Bertz CT molecular complexity index is 190. The molecule has 1 saturated heterocycles. The molecule has 0 unspecified atom stereocenters. The van der Waals surface area contributed by atoms with Crippen molar-refractivity contribution in [1.82, 2.24) is 4.90 Å². The van der Waals surface area contributed by atoms with Crippen LogP contribution in [0, 0.1) is 11.8 Å². The fourth-order valence-corrected chi connectivity index (χ4v) is 3.89. The molecule has 0 radical (unpaired) electrons. The van der Waals surface area contributed by atoms with Crippen LogP contribution in [0.15, 0.2) is 0 Å². The Balaban J connectivity index is 1.99. The van der Waals surface area contributed by atoms with Crippen molar-refractivity contribution in [3.63, 3.8) is 0 Å². The van der Waals surface area contributed by atoms with Gasteiger partial charge in [-0.3, -0.25) is 0 Å². The molecule has 2 fully saturated rings. The van der Waals surface area contributed by atoms with E-state index in [0.717, 1.165) is 17.9 Å². The normalized spacial score (nSPS) is 39.2. The van der Waals surface area contributed by atoms with Gasteiger partial charge < -0.3 is 4.90 Å². The summed E-state index contributed by atoms with van der Waals surface area (Å²) in [6.07, 6.45) is 11.8. The lowest BCUT2D eigenvalue weighted by Crippen LogP contribution is -2.44. The summed E-state index contributed by atoms with van der Waals surface area (Å²) in [5.41, 5.74) is 0. The van der Waals surface area contributed by atoms with Gasteiger partial charge in [0.1, 0.15) is 0 Å². The van der Waals surface area contributed by atoms with Gasteiger partial charge >= 0.3 is 0 Å². The molecule has 2 rings (SSSR count). The molecule has 3 atom stereocenters. The van der Waals surface area contributed by atoms with E-state index in [9.17, 15) is 0 Å². The van der Waals surface area contributed by atoms with Crippen molar-refractivity contribution in [3.8, 4) is 0 Å². The van der Waals surface area contributed by atoms with Crippen LogP contribution in [0.25, 0.3) is 0 Å². The molecule has 1 saturated carbocycles. The minimum absolute atomic E-state index is 0.920. The monoisotopic (exact) mass is 209 g/mol. The topological polar surface area (TPSA) is 3.24 Å². The van der Waals surface area contributed by atoms with Gasteiger partial charge in [-0.05, 0) is 44.7 Å². The van der Waals surface area contributed by atoms with E-state index in [2.05, 4.69) is 18.9 Å². The minimum Gasteiger partial charge on any atom is -0.303 e. The van der Waals surface area contributed by atoms with Gasteiger partial charge in [0.2, 0.25) is 0 Å². The van der Waals surface area contributed by atoms with E-state index in [1.165, 1.54) is 57.9 Å². The summed E-state index contributed by atoms with van der Waals surface area (Å²) < 4.78 is 0. The lowest BCUT2D eigenvalue weighted by Gasteiger charge is -2.43. The van der Waals surface area contributed by atoms with Gasteiger partial charge in [-0.25, -0.2) is 0 Å². The molecule has 0 aromatic rings. The molecule has 2 aliphatic rings. The first-order valence-electron chi connectivity index (χ1n) is 7.03. The van der Waals surface area contributed by atoms with E-state index < -0.39 is 0 Å². The Kier molecular flexibility index (Phi) is 4.07. The van der Waals surface area contributed by atoms with Crippen LogP contribution >= 0.6 is 0 Å². The Hall–Kier alpha value is -0.0400. The third-order valence-corrected chi connectivity index (χ3v) is 4.81. The van der Waals surface area contributed by atoms with Crippen LogP contribution in [-0.2, 0) is 0 Å². The van der Waals surface area contributed by atoms with Crippen LogP contribution in [-0.4, -0.2) is 24.5 Å². The summed E-state index contributed by atoms with van der Waals surface area (Å²) in [5, 5.41) is 0. The van der Waals surface area contributed by atoms with Crippen molar-refractivity contribution in [1.29, 1.82) is 0 Å². The first-order chi connectivity index (χ1) is 7.33. The third-order valence-electron chi connectivity index (χ3n) is 4.81. The zero-order valence-corrected chi connectivity index (χ0v) is 10.5. The molecule has 1 heteroatoms. The highest BCUT2D eigenvalue weighted by Crippen LogP contribution is 2.38. The Morgan fingerprint density at radius 2 is 1.73 bits per heavy atom.